The molecule has 0 fully saturated rings. The van der Waals surface area contributed by atoms with Crippen LogP contribution in [0.2, 0.25) is 0 Å². The van der Waals surface area contributed by atoms with Gasteiger partial charge in [0.1, 0.15) is 0 Å². The van der Waals surface area contributed by atoms with Crippen molar-refractivity contribution in [2.24, 2.45) is 0 Å². The van der Waals surface area contributed by atoms with E-state index in [1.807, 2.05) is 0 Å². The zero-order valence-corrected chi connectivity index (χ0v) is 6.48. The fraction of sp³-hybridized carbons (Fsp3) is 0.143. The zero-order valence-electron chi connectivity index (χ0n) is 5.66. The predicted octanol–water partition coefficient (Wildman–Crippen LogP) is 1.57. The highest BCUT2D eigenvalue weighted by Gasteiger charge is 1.92. The van der Waals surface area contributed by atoms with Crippen molar-refractivity contribution in [3.8, 4) is 0 Å². The second kappa shape index (κ2) is 4.99. The Morgan fingerprint density at radius 2 is 2.10 bits per heavy atom. The Labute approximate surface area is 64.0 Å². The highest BCUT2D eigenvalue weighted by Crippen LogP contribution is 2.10. The van der Waals surface area contributed by atoms with Crippen molar-refractivity contribution >= 4 is 23.7 Å². The molecule has 54 valence electrons. The molecular formula is C7H8O2S. The van der Waals surface area contributed by atoms with Crippen LogP contribution in [0.25, 0.3) is 0 Å². The minimum atomic E-state index is 0.391. The number of hydrogen-bond donors (Lipinski definition) is 0. The summed E-state index contributed by atoms with van der Waals surface area (Å²) >= 11 is 0.856. The summed E-state index contributed by atoms with van der Waals surface area (Å²) in [5, 5.41) is 0. The monoisotopic (exact) mass is 156 g/mol. The molecule has 0 radical (unpaired) electrons. The van der Waals surface area contributed by atoms with E-state index in [1.54, 1.807) is 13.0 Å². The number of hydrogen-bond acceptors (Lipinski definition) is 3. The summed E-state index contributed by atoms with van der Waals surface area (Å²) in [6.07, 6.45) is 2.19. The van der Waals surface area contributed by atoms with E-state index in [1.165, 1.54) is 0 Å². The Balaban J connectivity index is 4.16. The molecule has 10 heavy (non-hydrogen) atoms. The molecule has 0 amide bonds. The largest absolute Gasteiger partial charge is 0.297 e. The van der Waals surface area contributed by atoms with Gasteiger partial charge in [-0.1, -0.05) is 23.9 Å². The number of allylic oxidation sites excluding steroid dienone is 3. The van der Waals surface area contributed by atoms with Crippen LogP contribution in [-0.4, -0.2) is 11.9 Å². The van der Waals surface area contributed by atoms with E-state index >= 15 is 0 Å². The van der Waals surface area contributed by atoms with Crippen LogP contribution in [0.3, 0.4) is 0 Å². The molecule has 0 aliphatic carbocycles. The van der Waals surface area contributed by atoms with Gasteiger partial charge in [0.2, 0.25) is 0 Å². The van der Waals surface area contributed by atoms with Crippen molar-refractivity contribution < 1.29 is 9.59 Å². The summed E-state index contributed by atoms with van der Waals surface area (Å²) in [5.41, 5.74) is 1.37. The maximum Gasteiger partial charge on any atom is 0.181 e. The lowest BCUT2D eigenvalue weighted by atomic mass is 10.3. The summed E-state index contributed by atoms with van der Waals surface area (Å²) in [6, 6.07) is 0. The van der Waals surface area contributed by atoms with Crippen LogP contribution in [0.4, 0.5) is 0 Å². The van der Waals surface area contributed by atoms with Gasteiger partial charge in [0.15, 0.2) is 11.9 Å². The summed E-state index contributed by atoms with van der Waals surface area (Å²) in [5.74, 6) is 0. The molecule has 0 aromatic rings. The number of carbonyl (C=O) groups is 2. The normalized spacial score (nSPS) is 10.7. The van der Waals surface area contributed by atoms with Crippen LogP contribution < -0.4 is 0 Å². The second-order valence-electron chi connectivity index (χ2n) is 1.72. The Hall–Kier alpha value is -0.830. The number of thioether (sulfide) groups is 1. The minimum Gasteiger partial charge on any atom is -0.297 e. The van der Waals surface area contributed by atoms with E-state index in [-0.39, 0.29) is 0 Å². The standard InChI is InChI=1S/C7H8O2S/c1-6(2)3-7(4-8)10-5-9/h3-5H,1H2,2H3/b7-3-. The van der Waals surface area contributed by atoms with Gasteiger partial charge in [-0.05, 0) is 13.0 Å². The van der Waals surface area contributed by atoms with E-state index in [9.17, 15) is 9.59 Å². The maximum absolute atomic E-state index is 10.1. The molecule has 2 nitrogen and oxygen atoms in total. The third-order valence-corrected chi connectivity index (χ3v) is 1.27. The molecule has 0 spiro atoms. The molecule has 0 heterocycles. The molecule has 0 saturated heterocycles. The van der Waals surface area contributed by atoms with E-state index in [0.717, 1.165) is 17.3 Å². The van der Waals surface area contributed by atoms with Gasteiger partial charge in [0.05, 0.1) is 4.91 Å². The van der Waals surface area contributed by atoms with E-state index in [2.05, 4.69) is 6.58 Å². The lowest BCUT2D eigenvalue weighted by Gasteiger charge is -1.89. The van der Waals surface area contributed by atoms with Crippen molar-refractivity contribution in [2.75, 3.05) is 0 Å². The molecule has 0 aromatic heterocycles. The lowest BCUT2D eigenvalue weighted by molar-refractivity contribution is -0.104. The molecule has 0 N–H and O–H groups in total. The summed E-state index contributed by atoms with van der Waals surface area (Å²) in [4.78, 5) is 20.4. The van der Waals surface area contributed by atoms with Gasteiger partial charge in [-0.3, -0.25) is 9.59 Å². The summed E-state index contributed by atoms with van der Waals surface area (Å²) < 4.78 is 0. The summed E-state index contributed by atoms with van der Waals surface area (Å²) in [7, 11) is 0. The van der Waals surface area contributed by atoms with E-state index in [0.29, 0.717) is 16.8 Å². The molecule has 0 atom stereocenters. The first-order valence-electron chi connectivity index (χ1n) is 2.63. The van der Waals surface area contributed by atoms with Crippen molar-refractivity contribution in [2.45, 2.75) is 6.92 Å². The van der Waals surface area contributed by atoms with Crippen LogP contribution in [-0.2, 0) is 9.59 Å². The van der Waals surface area contributed by atoms with Crippen LogP contribution >= 0.6 is 11.8 Å². The predicted molar refractivity (Wildman–Crippen MR) is 43.3 cm³/mol. The van der Waals surface area contributed by atoms with Crippen molar-refractivity contribution in [1.29, 1.82) is 0 Å². The van der Waals surface area contributed by atoms with Gasteiger partial charge in [-0.25, -0.2) is 0 Å². The number of aldehydes is 1. The van der Waals surface area contributed by atoms with Crippen LogP contribution in [0.5, 0.6) is 0 Å². The Morgan fingerprint density at radius 1 is 1.50 bits per heavy atom. The molecule has 0 rings (SSSR count). The van der Waals surface area contributed by atoms with E-state index in [4.69, 9.17) is 0 Å². The van der Waals surface area contributed by atoms with E-state index < -0.39 is 0 Å². The summed E-state index contributed by atoms with van der Waals surface area (Å²) in [6.45, 7) is 5.32. The van der Waals surface area contributed by atoms with Gasteiger partial charge >= 0.3 is 0 Å². The third kappa shape index (κ3) is 4.09. The fourth-order valence-electron chi connectivity index (χ4n) is 0.394. The SMILES string of the molecule is C=C(C)/C=C(/C=O)SC=O. The first-order chi connectivity index (χ1) is 4.70. The average Bonchev–Trinajstić information content (AvgIpc) is 1.86. The zero-order chi connectivity index (χ0) is 7.98. The fourth-order valence-corrected chi connectivity index (χ4v) is 0.830. The first kappa shape index (κ1) is 9.17. The van der Waals surface area contributed by atoms with Crippen LogP contribution in [0.15, 0.2) is 23.1 Å². The third-order valence-electron chi connectivity index (χ3n) is 0.689. The van der Waals surface area contributed by atoms with Gasteiger partial charge in [0, 0.05) is 0 Å². The minimum absolute atomic E-state index is 0.391. The topological polar surface area (TPSA) is 34.1 Å². The first-order valence-corrected chi connectivity index (χ1v) is 3.51. The quantitative estimate of drug-likeness (QED) is 0.352. The van der Waals surface area contributed by atoms with Gasteiger partial charge in [-0.15, -0.1) is 0 Å². The molecule has 0 aliphatic heterocycles. The maximum atomic E-state index is 10.1. The van der Waals surface area contributed by atoms with Crippen LogP contribution in [0, 0.1) is 0 Å². The van der Waals surface area contributed by atoms with Crippen LogP contribution in [0.1, 0.15) is 6.92 Å². The average molecular weight is 156 g/mol. The highest BCUT2D eigenvalue weighted by atomic mass is 32.2. The lowest BCUT2D eigenvalue weighted by Crippen LogP contribution is -1.78. The number of rotatable bonds is 4. The molecule has 0 unspecified atom stereocenters. The molecule has 0 aromatic carbocycles. The smallest absolute Gasteiger partial charge is 0.181 e. The number of carbonyl (C=O) groups excluding carboxylic acids is 2. The van der Waals surface area contributed by atoms with Gasteiger partial charge in [-0.2, -0.15) is 0 Å². The Kier molecular flexibility index (Phi) is 4.58. The second-order valence-corrected chi connectivity index (χ2v) is 2.62. The Bertz CT molecular complexity index is 182. The van der Waals surface area contributed by atoms with Crippen molar-refractivity contribution in [3.05, 3.63) is 23.1 Å². The van der Waals surface area contributed by atoms with Gasteiger partial charge in [0.25, 0.3) is 0 Å². The highest BCUT2D eigenvalue weighted by molar-refractivity contribution is 8.15. The molecule has 0 aliphatic rings. The van der Waals surface area contributed by atoms with Crippen molar-refractivity contribution in [1.82, 2.24) is 0 Å². The molecule has 3 heteroatoms. The van der Waals surface area contributed by atoms with Crippen molar-refractivity contribution in [3.63, 3.8) is 0 Å². The molecular weight excluding hydrogens is 148 g/mol. The Morgan fingerprint density at radius 3 is 2.40 bits per heavy atom. The van der Waals surface area contributed by atoms with Gasteiger partial charge < -0.3 is 0 Å². The molecule has 0 bridgehead atoms. The molecule has 0 saturated carbocycles.